The van der Waals surface area contributed by atoms with Crippen molar-refractivity contribution in [3.63, 3.8) is 0 Å². The highest BCUT2D eigenvalue weighted by Crippen LogP contribution is 2.37. The molecule has 5 N–H and O–H groups in total. The number of nitrogen functional groups attached to an aromatic ring is 1. The van der Waals surface area contributed by atoms with Crippen LogP contribution in [-0.4, -0.2) is 54.1 Å². The Morgan fingerprint density at radius 1 is 1.19 bits per heavy atom. The standard InChI is InChI=1S/C24H23Cl2FN6O.CH4O/c1-13(20-17(25)8-32-23(27)21(20)26)34-15-3-4-18(28)16(6-15)22(29)14-2-5-19(31-7-14)33-11-24(12-33)9-30-10-24;1-2/h2-8,13,29-30H,9-12,28H2,1H3;2H,1H3. The van der Waals surface area contributed by atoms with Crippen LogP contribution in [0.2, 0.25) is 10.0 Å². The van der Waals surface area contributed by atoms with Gasteiger partial charge in [-0.15, -0.1) is 0 Å². The van der Waals surface area contributed by atoms with Crippen molar-refractivity contribution in [3.05, 3.63) is 75.4 Å². The average molecular weight is 533 g/mol. The molecule has 1 atom stereocenters. The summed E-state index contributed by atoms with van der Waals surface area (Å²) in [6.45, 7) is 5.84. The van der Waals surface area contributed by atoms with Crippen LogP contribution in [0, 0.1) is 16.8 Å². The summed E-state index contributed by atoms with van der Waals surface area (Å²) in [5, 5.41) is 19.0. The van der Waals surface area contributed by atoms with Crippen LogP contribution < -0.4 is 20.7 Å². The van der Waals surface area contributed by atoms with Gasteiger partial charge in [-0.1, -0.05) is 23.2 Å². The van der Waals surface area contributed by atoms with Crippen molar-refractivity contribution < 1.29 is 14.2 Å². The molecule has 4 heterocycles. The highest BCUT2D eigenvalue weighted by atomic mass is 35.5. The van der Waals surface area contributed by atoms with Crippen LogP contribution in [0.1, 0.15) is 29.7 Å². The molecule has 1 spiro atoms. The van der Waals surface area contributed by atoms with Gasteiger partial charge in [0, 0.05) is 73.5 Å². The predicted molar refractivity (Wildman–Crippen MR) is 140 cm³/mol. The quantitative estimate of drug-likeness (QED) is 0.214. The van der Waals surface area contributed by atoms with Gasteiger partial charge in [-0.05, 0) is 37.3 Å². The van der Waals surface area contributed by atoms with Gasteiger partial charge in [0.1, 0.15) is 22.7 Å². The molecule has 11 heteroatoms. The van der Waals surface area contributed by atoms with E-state index in [1.165, 1.54) is 6.20 Å². The average Bonchev–Trinajstić information content (AvgIpc) is 2.82. The Bertz CT molecular complexity index is 1260. The monoisotopic (exact) mass is 532 g/mol. The van der Waals surface area contributed by atoms with E-state index in [0.717, 1.165) is 39.1 Å². The summed E-state index contributed by atoms with van der Waals surface area (Å²) in [5.41, 5.74) is 8.68. The molecule has 2 fully saturated rings. The number of aliphatic hydroxyl groups excluding tert-OH is 1. The molecule has 0 bridgehead atoms. The Morgan fingerprint density at radius 2 is 1.92 bits per heavy atom. The maximum Gasteiger partial charge on any atom is 0.232 e. The second-order valence-electron chi connectivity index (χ2n) is 8.87. The van der Waals surface area contributed by atoms with E-state index in [-0.39, 0.29) is 15.8 Å². The third-order valence-electron chi connectivity index (χ3n) is 6.39. The summed E-state index contributed by atoms with van der Waals surface area (Å²) in [5.74, 6) is 0.534. The lowest BCUT2D eigenvalue weighted by Crippen LogP contribution is -2.71. The zero-order chi connectivity index (χ0) is 26.0. The summed E-state index contributed by atoms with van der Waals surface area (Å²) < 4.78 is 19.8. The van der Waals surface area contributed by atoms with Gasteiger partial charge in [0.15, 0.2) is 0 Å². The molecule has 1 aromatic carbocycles. The van der Waals surface area contributed by atoms with Gasteiger partial charge in [0.25, 0.3) is 0 Å². The minimum absolute atomic E-state index is 0.184. The molecular weight excluding hydrogens is 506 g/mol. The Kier molecular flexibility index (Phi) is 7.65. The number of rotatable bonds is 6. The van der Waals surface area contributed by atoms with E-state index in [0.29, 0.717) is 33.5 Å². The fourth-order valence-electron chi connectivity index (χ4n) is 4.42. The molecule has 0 amide bonds. The molecule has 0 radical (unpaired) electrons. The van der Waals surface area contributed by atoms with Crippen molar-refractivity contribution >= 4 is 40.4 Å². The zero-order valence-corrected chi connectivity index (χ0v) is 21.4. The molecule has 0 aliphatic carbocycles. The van der Waals surface area contributed by atoms with Crippen LogP contribution in [0.25, 0.3) is 0 Å². The normalized spacial score (nSPS) is 16.3. The SMILES string of the molecule is CC(Oc1ccc(N)c(C(=N)c2ccc(N3CC4(CNC4)C3)nc2)c1)c1c(Cl)cnc(F)c1Cl.CO. The van der Waals surface area contributed by atoms with Crippen LogP contribution in [0.3, 0.4) is 0 Å². The first-order chi connectivity index (χ1) is 17.3. The zero-order valence-electron chi connectivity index (χ0n) is 19.9. The van der Waals surface area contributed by atoms with Gasteiger partial charge in [0.2, 0.25) is 5.95 Å². The fraction of sp³-hybridized carbons (Fsp3) is 0.320. The number of aliphatic hydroxyl groups is 1. The van der Waals surface area contributed by atoms with Crippen molar-refractivity contribution in [1.29, 1.82) is 5.41 Å². The van der Waals surface area contributed by atoms with Crippen molar-refractivity contribution in [2.24, 2.45) is 5.41 Å². The largest absolute Gasteiger partial charge is 0.486 e. The second-order valence-corrected chi connectivity index (χ2v) is 9.66. The first-order valence-electron chi connectivity index (χ1n) is 11.3. The van der Waals surface area contributed by atoms with E-state index >= 15 is 0 Å². The molecule has 8 nitrogen and oxygen atoms in total. The van der Waals surface area contributed by atoms with Crippen molar-refractivity contribution in [2.75, 3.05) is 43.9 Å². The number of nitrogens with two attached hydrogens (primary N) is 1. The van der Waals surface area contributed by atoms with E-state index in [1.54, 1.807) is 31.3 Å². The number of hydrogen-bond donors (Lipinski definition) is 4. The van der Waals surface area contributed by atoms with Crippen molar-refractivity contribution in [1.82, 2.24) is 15.3 Å². The number of pyridine rings is 2. The minimum Gasteiger partial charge on any atom is -0.486 e. The summed E-state index contributed by atoms with van der Waals surface area (Å²) in [7, 11) is 1.00. The van der Waals surface area contributed by atoms with E-state index in [1.807, 2.05) is 12.1 Å². The Labute approximate surface area is 218 Å². The molecule has 5 rings (SSSR count). The van der Waals surface area contributed by atoms with Crippen LogP contribution >= 0.6 is 23.2 Å². The predicted octanol–water partition coefficient (Wildman–Crippen LogP) is 4.08. The van der Waals surface area contributed by atoms with E-state index in [2.05, 4.69) is 20.2 Å². The number of hydrogen-bond acceptors (Lipinski definition) is 8. The number of nitrogens with zero attached hydrogens (tertiary/aromatic N) is 3. The van der Waals surface area contributed by atoms with Crippen LogP contribution in [0.4, 0.5) is 15.9 Å². The fourth-order valence-corrected chi connectivity index (χ4v) is 5.07. The van der Waals surface area contributed by atoms with Gasteiger partial charge < -0.3 is 25.8 Å². The van der Waals surface area contributed by atoms with Gasteiger partial charge in [-0.25, -0.2) is 9.97 Å². The van der Waals surface area contributed by atoms with Gasteiger partial charge in [0.05, 0.1) is 10.7 Å². The lowest BCUT2D eigenvalue weighted by atomic mass is 9.74. The molecule has 0 saturated carbocycles. The third kappa shape index (κ3) is 4.97. The molecule has 2 aromatic heterocycles. The smallest absolute Gasteiger partial charge is 0.232 e. The molecular formula is C25H27Cl2FN6O2. The first-order valence-corrected chi connectivity index (χ1v) is 12.0. The Hall–Kier alpha value is -2.98. The molecule has 2 aliphatic heterocycles. The number of anilines is 2. The lowest BCUT2D eigenvalue weighted by molar-refractivity contribution is 0.120. The summed E-state index contributed by atoms with van der Waals surface area (Å²) in [6.07, 6.45) is 2.23. The lowest BCUT2D eigenvalue weighted by Gasteiger charge is -2.56. The number of nitrogens with one attached hydrogen (secondary N) is 2. The summed E-state index contributed by atoms with van der Waals surface area (Å²) >= 11 is 12.2. The van der Waals surface area contributed by atoms with Crippen LogP contribution in [0.5, 0.6) is 5.75 Å². The van der Waals surface area contributed by atoms with Gasteiger partial charge in [-0.2, -0.15) is 4.39 Å². The third-order valence-corrected chi connectivity index (χ3v) is 7.05. The molecule has 1 unspecified atom stereocenters. The number of ether oxygens (including phenoxy) is 1. The second kappa shape index (κ2) is 10.6. The summed E-state index contributed by atoms with van der Waals surface area (Å²) in [4.78, 5) is 10.3. The molecule has 2 saturated heterocycles. The van der Waals surface area contributed by atoms with E-state index in [4.69, 9.17) is 44.2 Å². The van der Waals surface area contributed by atoms with E-state index < -0.39 is 12.1 Å². The van der Waals surface area contributed by atoms with E-state index in [9.17, 15) is 4.39 Å². The number of halogens is 3. The van der Waals surface area contributed by atoms with Crippen molar-refractivity contribution in [3.8, 4) is 5.75 Å². The maximum absolute atomic E-state index is 13.8. The molecule has 36 heavy (non-hydrogen) atoms. The molecule has 190 valence electrons. The van der Waals surface area contributed by atoms with Crippen LogP contribution in [-0.2, 0) is 0 Å². The van der Waals surface area contributed by atoms with Crippen molar-refractivity contribution in [2.45, 2.75) is 13.0 Å². The van der Waals surface area contributed by atoms with Gasteiger partial charge in [-0.3, -0.25) is 5.41 Å². The highest BCUT2D eigenvalue weighted by Gasteiger charge is 2.47. The Morgan fingerprint density at radius 3 is 2.53 bits per heavy atom. The number of benzene rings is 1. The summed E-state index contributed by atoms with van der Waals surface area (Å²) in [6, 6.07) is 8.83. The topological polar surface area (TPSA) is 120 Å². The van der Waals surface area contributed by atoms with Crippen LogP contribution in [0.15, 0.2) is 42.7 Å². The maximum atomic E-state index is 13.8. The number of aromatic nitrogens is 2. The molecule has 2 aliphatic rings. The first kappa shape index (κ1) is 26.1. The Balaban J connectivity index is 0.00000148. The minimum atomic E-state index is -0.815. The highest BCUT2D eigenvalue weighted by molar-refractivity contribution is 6.35. The van der Waals surface area contributed by atoms with Gasteiger partial charge >= 0.3 is 0 Å². The molecule has 3 aromatic rings.